The molecule has 0 aliphatic carbocycles. The van der Waals surface area contributed by atoms with Crippen LogP contribution in [0.15, 0.2) is 72.1 Å². The third-order valence-electron chi connectivity index (χ3n) is 5.79. The molecule has 0 spiro atoms. The van der Waals surface area contributed by atoms with Gasteiger partial charge in [-0.3, -0.25) is 9.59 Å². The van der Waals surface area contributed by atoms with Crippen LogP contribution in [0.5, 0.6) is 0 Å². The topological polar surface area (TPSA) is 40.6 Å². The lowest BCUT2D eigenvalue weighted by Gasteiger charge is -2.31. The van der Waals surface area contributed by atoms with Crippen molar-refractivity contribution >= 4 is 23.2 Å². The molecule has 1 heterocycles. The zero-order valence-electron chi connectivity index (χ0n) is 19.2. The first-order chi connectivity index (χ1) is 16.0. The number of hydrogen-bond donors (Lipinski definition) is 0. The van der Waals surface area contributed by atoms with Crippen LogP contribution >= 0.6 is 11.3 Å². The summed E-state index contributed by atoms with van der Waals surface area (Å²) in [6, 6.07) is 20.0. The summed E-state index contributed by atoms with van der Waals surface area (Å²) < 4.78 is 13.3. The highest BCUT2D eigenvalue weighted by Crippen LogP contribution is 2.17. The molecule has 3 rings (SSSR count). The van der Waals surface area contributed by atoms with Crippen molar-refractivity contribution in [1.29, 1.82) is 0 Å². The lowest BCUT2D eigenvalue weighted by Crippen LogP contribution is -2.46. The lowest BCUT2D eigenvalue weighted by molar-refractivity contribution is -0.143. The number of halogens is 1. The van der Waals surface area contributed by atoms with Gasteiger partial charge in [0.2, 0.25) is 11.8 Å². The van der Waals surface area contributed by atoms with Crippen LogP contribution in [0.25, 0.3) is 0 Å². The summed E-state index contributed by atoms with van der Waals surface area (Å²) in [5.41, 5.74) is 1.96. The molecule has 174 valence electrons. The van der Waals surface area contributed by atoms with Crippen molar-refractivity contribution < 1.29 is 14.0 Å². The normalized spacial score (nSPS) is 11.7. The number of thiophene rings is 1. The molecule has 0 aliphatic heterocycles. The van der Waals surface area contributed by atoms with E-state index in [4.69, 9.17) is 0 Å². The zero-order chi connectivity index (χ0) is 23.6. The van der Waals surface area contributed by atoms with Crippen molar-refractivity contribution in [3.63, 3.8) is 0 Å². The second kappa shape index (κ2) is 12.3. The molecule has 2 aromatic carbocycles. The second-order valence-electron chi connectivity index (χ2n) is 8.22. The third kappa shape index (κ3) is 7.53. The van der Waals surface area contributed by atoms with Crippen LogP contribution in [0, 0.1) is 5.82 Å². The van der Waals surface area contributed by atoms with Crippen molar-refractivity contribution in [2.24, 2.45) is 0 Å². The Morgan fingerprint density at radius 1 is 0.909 bits per heavy atom. The van der Waals surface area contributed by atoms with E-state index in [-0.39, 0.29) is 30.2 Å². The van der Waals surface area contributed by atoms with E-state index in [2.05, 4.69) is 0 Å². The van der Waals surface area contributed by atoms with E-state index in [0.29, 0.717) is 25.9 Å². The smallest absolute Gasteiger partial charge is 0.242 e. The molecule has 0 radical (unpaired) electrons. The van der Waals surface area contributed by atoms with Crippen LogP contribution in [-0.2, 0) is 29.1 Å². The van der Waals surface area contributed by atoms with Gasteiger partial charge in [0.15, 0.2) is 0 Å². The van der Waals surface area contributed by atoms with Gasteiger partial charge in [0, 0.05) is 23.9 Å². The average Bonchev–Trinajstić information content (AvgIpc) is 3.35. The van der Waals surface area contributed by atoms with Gasteiger partial charge >= 0.3 is 0 Å². The Balaban J connectivity index is 1.72. The Labute approximate surface area is 199 Å². The lowest BCUT2D eigenvalue weighted by atomic mass is 10.1. The maximum absolute atomic E-state index is 13.4. The molecule has 4 nitrogen and oxygen atoms in total. The predicted octanol–water partition coefficient (Wildman–Crippen LogP) is 5.68. The minimum Gasteiger partial charge on any atom is -0.332 e. The van der Waals surface area contributed by atoms with Gasteiger partial charge in [0.25, 0.3) is 0 Å². The maximum Gasteiger partial charge on any atom is 0.242 e. The number of hydrogen-bond acceptors (Lipinski definition) is 3. The zero-order valence-corrected chi connectivity index (χ0v) is 20.1. The average molecular weight is 467 g/mol. The van der Waals surface area contributed by atoms with Crippen LogP contribution in [-0.4, -0.2) is 34.2 Å². The summed E-state index contributed by atoms with van der Waals surface area (Å²) in [6.45, 7) is 4.87. The van der Waals surface area contributed by atoms with Gasteiger partial charge in [-0.25, -0.2) is 4.39 Å². The molecule has 1 aromatic heterocycles. The number of carbonyl (C=O) groups excluding carboxylic acids is 2. The fourth-order valence-electron chi connectivity index (χ4n) is 3.63. The molecule has 33 heavy (non-hydrogen) atoms. The highest BCUT2D eigenvalue weighted by atomic mass is 32.1. The Kier molecular flexibility index (Phi) is 9.19. The summed E-state index contributed by atoms with van der Waals surface area (Å²) >= 11 is 1.59. The van der Waals surface area contributed by atoms with Crippen LogP contribution < -0.4 is 0 Å². The summed E-state index contributed by atoms with van der Waals surface area (Å²) in [6.07, 6.45) is 1.78. The van der Waals surface area contributed by atoms with E-state index in [1.807, 2.05) is 61.7 Å². The number of nitrogens with zero attached hydrogens (tertiary/aromatic N) is 2. The number of amides is 2. The fourth-order valence-corrected chi connectivity index (χ4v) is 4.35. The van der Waals surface area contributed by atoms with Crippen molar-refractivity contribution in [3.05, 3.63) is 93.9 Å². The largest absolute Gasteiger partial charge is 0.332 e. The predicted molar refractivity (Wildman–Crippen MR) is 131 cm³/mol. The summed E-state index contributed by atoms with van der Waals surface area (Å²) in [5, 5.41) is 1.98. The van der Waals surface area contributed by atoms with E-state index in [9.17, 15) is 14.0 Å². The van der Waals surface area contributed by atoms with Crippen LogP contribution in [0.4, 0.5) is 4.39 Å². The van der Waals surface area contributed by atoms with E-state index in [1.165, 1.54) is 12.1 Å². The molecule has 2 amide bonds. The molecular weight excluding hydrogens is 435 g/mol. The molecule has 1 atom stereocenters. The van der Waals surface area contributed by atoms with Crippen molar-refractivity contribution in [1.82, 2.24) is 9.80 Å². The molecule has 0 fully saturated rings. The molecule has 0 aliphatic rings. The van der Waals surface area contributed by atoms with Crippen LogP contribution in [0.1, 0.15) is 42.7 Å². The number of rotatable bonds is 11. The molecule has 1 unspecified atom stereocenters. The first-order valence-corrected chi connectivity index (χ1v) is 12.2. The van der Waals surface area contributed by atoms with E-state index in [0.717, 1.165) is 22.4 Å². The highest BCUT2D eigenvalue weighted by molar-refractivity contribution is 7.09. The molecular formula is C27H31FN2O2S. The van der Waals surface area contributed by atoms with Gasteiger partial charge in [-0.15, -0.1) is 11.3 Å². The Morgan fingerprint density at radius 3 is 2.27 bits per heavy atom. The Morgan fingerprint density at radius 2 is 1.64 bits per heavy atom. The molecule has 0 saturated heterocycles. The van der Waals surface area contributed by atoms with Crippen LogP contribution in [0.3, 0.4) is 0 Å². The minimum absolute atomic E-state index is 0.0144. The van der Waals surface area contributed by atoms with Crippen molar-refractivity contribution in [3.8, 4) is 0 Å². The second-order valence-corrected chi connectivity index (χ2v) is 9.25. The molecule has 0 N–H and O–H groups in total. The van der Waals surface area contributed by atoms with Gasteiger partial charge in [-0.2, -0.15) is 0 Å². The number of benzene rings is 2. The quantitative estimate of drug-likeness (QED) is 0.365. The van der Waals surface area contributed by atoms with Gasteiger partial charge in [-0.1, -0.05) is 55.5 Å². The fraction of sp³-hybridized carbons (Fsp3) is 0.333. The molecule has 0 saturated carbocycles. The van der Waals surface area contributed by atoms with Gasteiger partial charge in [0.05, 0.1) is 6.54 Å². The van der Waals surface area contributed by atoms with Crippen LogP contribution in [0.2, 0.25) is 0 Å². The molecule has 0 bridgehead atoms. The van der Waals surface area contributed by atoms with Gasteiger partial charge in [0.1, 0.15) is 12.4 Å². The summed E-state index contributed by atoms with van der Waals surface area (Å²) in [4.78, 5) is 31.0. The molecule has 3 aromatic rings. The Bertz CT molecular complexity index is 1010. The number of aryl methyl sites for hydroxylation is 1. The number of carbonyl (C=O) groups is 2. The highest BCUT2D eigenvalue weighted by Gasteiger charge is 2.25. The van der Waals surface area contributed by atoms with Crippen molar-refractivity contribution in [2.75, 3.05) is 6.54 Å². The molecule has 6 heteroatoms. The first-order valence-electron chi connectivity index (χ1n) is 11.3. The minimum atomic E-state index is -0.304. The van der Waals surface area contributed by atoms with E-state index >= 15 is 0 Å². The van der Waals surface area contributed by atoms with Gasteiger partial charge < -0.3 is 9.80 Å². The summed E-state index contributed by atoms with van der Waals surface area (Å²) in [7, 11) is 0. The maximum atomic E-state index is 13.4. The standard InChI is InChI=1S/C27H31FN2O2S/c1-3-21(2)30(26(31)16-13-22-8-5-4-6-9-22)20-27(32)29(19-25-10-7-17-33-25)18-23-11-14-24(28)15-12-23/h4-12,14-15,17,21H,3,13,16,18-20H2,1-2H3. The SMILES string of the molecule is CCC(C)N(CC(=O)N(Cc1ccc(F)cc1)Cc1cccs1)C(=O)CCc1ccccc1. The van der Waals surface area contributed by atoms with Crippen molar-refractivity contribution in [2.45, 2.75) is 52.2 Å². The summed E-state index contributed by atoms with van der Waals surface area (Å²) in [5.74, 6) is -0.428. The first kappa shape index (κ1) is 24.6. The Hall–Kier alpha value is -2.99. The van der Waals surface area contributed by atoms with E-state index in [1.54, 1.807) is 33.3 Å². The van der Waals surface area contributed by atoms with Gasteiger partial charge in [-0.05, 0) is 54.5 Å². The monoisotopic (exact) mass is 466 g/mol. The third-order valence-corrected chi connectivity index (χ3v) is 6.65. The van der Waals surface area contributed by atoms with E-state index < -0.39 is 0 Å².